The van der Waals surface area contributed by atoms with E-state index >= 15 is 0 Å². The Kier molecular flexibility index (Phi) is 5.35. The molecule has 0 aliphatic carbocycles. The summed E-state index contributed by atoms with van der Waals surface area (Å²) in [6.45, 7) is 7.02. The van der Waals surface area contributed by atoms with Crippen LogP contribution in [0.4, 0.5) is 5.69 Å². The summed E-state index contributed by atoms with van der Waals surface area (Å²) in [6.07, 6.45) is 3.36. The van der Waals surface area contributed by atoms with Gasteiger partial charge in [-0.05, 0) is 25.0 Å². The molecule has 0 radical (unpaired) electrons. The largest absolute Gasteiger partial charge is 0.477 e. The zero-order valence-corrected chi connectivity index (χ0v) is 13.2. The maximum Gasteiger partial charge on any atom is 0.354 e. The Hall–Kier alpha value is -2.11. The molecule has 1 fully saturated rings. The molecule has 1 N–H and O–H groups in total. The molecular formula is C16H23N3O3. The van der Waals surface area contributed by atoms with Gasteiger partial charge in [-0.3, -0.25) is 4.79 Å². The Morgan fingerprint density at radius 3 is 2.27 bits per heavy atom. The van der Waals surface area contributed by atoms with Crippen molar-refractivity contribution in [3.05, 3.63) is 24.0 Å². The van der Waals surface area contributed by atoms with Gasteiger partial charge in [0.2, 0.25) is 5.91 Å². The van der Waals surface area contributed by atoms with Crippen LogP contribution in [0.2, 0.25) is 0 Å². The number of anilines is 1. The van der Waals surface area contributed by atoms with Gasteiger partial charge in [-0.1, -0.05) is 13.8 Å². The number of hydrogen-bond donors (Lipinski definition) is 1. The fourth-order valence-corrected chi connectivity index (χ4v) is 2.78. The molecule has 0 unspecified atom stereocenters. The third-order valence-corrected chi connectivity index (χ3v) is 4.26. The van der Waals surface area contributed by atoms with Crippen molar-refractivity contribution in [2.45, 2.75) is 26.7 Å². The topological polar surface area (TPSA) is 73.7 Å². The molecule has 0 saturated carbocycles. The van der Waals surface area contributed by atoms with Crippen LogP contribution >= 0.6 is 0 Å². The highest BCUT2D eigenvalue weighted by molar-refractivity contribution is 5.85. The first-order valence-corrected chi connectivity index (χ1v) is 7.79. The Labute approximate surface area is 130 Å². The lowest BCUT2D eigenvalue weighted by Gasteiger charge is -2.37. The van der Waals surface area contributed by atoms with Gasteiger partial charge < -0.3 is 14.9 Å². The summed E-state index contributed by atoms with van der Waals surface area (Å²) >= 11 is 0. The van der Waals surface area contributed by atoms with Crippen LogP contribution < -0.4 is 4.90 Å². The SMILES string of the molecule is CCC(CC)C(=O)N1CCN(c2ccc(C(=O)O)nc2)CC1. The van der Waals surface area contributed by atoms with Gasteiger partial charge in [0.05, 0.1) is 11.9 Å². The summed E-state index contributed by atoms with van der Waals surface area (Å²) in [7, 11) is 0. The molecule has 1 amide bonds. The predicted molar refractivity (Wildman–Crippen MR) is 84.1 cm³/mol. The lowest BCUT2D eigenvalue weighted by Crippen LogP contribution is -2.50. The molecule has 22 heavy (non-hydrogen) atoms. The van der Waals surface area contributed by atoms with Crippen LogP contribution in [0.1, 0.15) is 37.2 Å². The first-order chi connectivity index (χ1) is 10.6. The molecule has 1 saturated heterocycles. The number of piperazine rings is 1. The van der Waals surface area contributed by atoms with E-state index in [1.807, 2.05) is 4.90 Å². The van der Waals surface area contributed by atoms with Crippen LogP contribution in [0, 0.1) is 5.92 Å². The normalized spacial score (nSPS) is 15.2. The van der Waals surface area contributed by atoms with Crippen LogP contribution in [0.3, 0.4) is 0 Å². The zero-order valence-electron chi connectivity index (χ0n) is 13.2. The quantitative estimate of drug-likeness (QED) is 0.899. The van der Waals surface area contributed by atoms with Gasteiger partial charge in [-0.2, -0.15) is 0 Å². The third-order valence-electron chi connectivity index (χ3n) is 4.26. The first-order valence-electron chi connectivity index (χ1n) is 7.79. The molecular weight excluding hydrogens is 282 g/mol. The summed E-state index contributed by atoms with van der Waals surface area (Å²) in [4.78, 5) is 31.2. The first kappa shape index (κ1) is 16.3. The van der Waals surface area contributed by atoms with E-state index in [9.17, 15) is 9.59 Å². The lowest BCUT2D eigenvalue weighted by molar-refractivity contribution is -0.136. The van der Waals surface area contributed by atoms with Crippen LogP contribution in [0.25, 0.3) is 0 Å². The fraction of sp³-hybridized carbons (Fsp3) is 0.562. The summed E-state index contributed by atoms with van der Waals surface area (Å²) in [6, 6.07) is 3.29. The van der Waals surface area contributed by atoms with Crippen LogP contribution in [-0.4, -0.2) is 53.0 Å². The highest BCUT2D eigenvalue weighted by Gasteiger charge is 2.25. The fourth-order valence-electron chi connectivity index (χ4n) is 2.78. The second-order valence-electron chi connectivity index (χ2n) is 5.53. The van der Waals surface area contributed by atoms with Crippen molar-refractivity contribution in [1.29, 1.82) is 0 Å². The predicted octanol–water partition coefficient (Wildman–Crippen LogP) is 1.86. The van der Waals surface area contributed by atoms with E-state index in [0.29, 0.717) is 13.1 Å². The highest BCUT2D eigenvalue weighted by atomic mass is 16.4. The molecule has 120 valence electrons. The number of amides is 1. The number of aromatic carboxylic acids is 1. The average molecular weight is 305 g/mol. The standard InChI is InChI=1S/C16H23N3O3/c1-3-12(4-2)15(20)19-9-7-18(8-10-19)13-5-6-14(16(21)22)17-11-13/h5-6,11-12H,3-4,7-10H2,1-2H3,(H,21,22). The lowest BCUT2D eigenvalue weighted by atomic mass is 10.0. The van der Waals surface area contributed by atoms with Crippen LogP contribution in [0.15, 0.2) is 18.3 Å². The monoisotopic (exact) mass is 305 g/mol. The van der Waals surface area contributed by atoms with Gasteiger partial charge in [-0.15, -0.1) is 0 Å². The molecule has 1 aliphatic heterocycles. The molecule has 6 nitrogen and oxygen atoms in total. The van der Waals surface area contributed by atoms with Crippen molar-refractivity contribution in [3.8, 4) is 0 Å². The maximum atomic E-state index is 12.4. The second-order valence-corrected chi connectivity index (χ2v) is 5.53. The molecule has 1 aromatic heterocycles. The van der Waals surface area contributed by atoms with E-state index in [1.54, 1.807) is 12.3 Å². The smallest absolute Gasteiger partial charge is 0.354 e. The van der Waals surface area contributed by atoms with E-state index in [1.165, 1.54) is 6.07 Å². The molecule has 0 atom stereocenters. The van der Waals surface area contributed by atoms with E-state index in [2.05, 4.69) is 23.7 Å². The Bertz CT molecular complexity index is 518. The van der Waals surface area contributed by atoms with Gasteiger partial charge in [0.25, 0.3) is 0 Å². The van der Waals surface area contributed by atoms with E-state index in [0.717, 1.165) is 31.6 Å². The van der Waals surface area contributed by atoms with Gasteiger partial charge in [-0.25, -0.2) is 9.78 Å². The molecule has 2 heterocycles. The Morgan fingerprint density at radius 2 is 1.82 bits per heavy atom. The molecule has 0 spiro atoms. The average Bonchev–Trinajstić information content (AvgIpc) is 2.56. The van der Waals surface area contributed by atoms with Gasteiger partial charge >= 0.3 is 5.97 Å². The van der Waals surface area contributed by atoms with Crippen LogP contribution in [-0.2, 0) is 4.79 Å². The molecule has 0 aromatic carbocycles. The van der Waals surface area contributed by atoms with Crippen molar-refractivity contribution in [2.75, 3.05) is 31.1 Å². The minimum atomic E-state index is -1.02. The summed E-state index contributed by atoms with van der Waals surface area (Å²) in [5, 5.41) is 8.86. The summed E-state index contributed by atoms with van der Waals surface area (Å²) in [5.74, 6) is -0.640. The summed E-state index contributed by atoms with van der Waals surface area (Å²) < 4.78 is 0. The number of carboxylic acid groups (broad SMARTS) is 1. The number of nitrogens with zero attached hydrogens (tertiary/aromatic N) is 3. The van der Waals surface area contributed by atoms with Crippen molar-refractivity contribution in [1.82, 2.24) is 9.88 Å². The Balaban J connectivity index is 1.94. The number of hydrogen-bond acceptors (Lipinski definition) is 4. The summed E-state index contributed by atoms with van der Waals surface area (Å²) in [5.41, 5.74) is 0.950. The van der Waals surface area contributed by atoms with Crippen molar-refractivity contribution in [3.63, 3.8) is 0 Å². The minimum Gasteiger partial charge on any atom is -0.477 e. The molecule has 1 aromatic rings. The number of carboxylic acids is 1. The zero-order chi connectivity index (χ0) is 16.1. The number of pyridine rings is 1. The Morgan fingerprint density at radius 1 is 1.18 bits per heavy atom. The number of aromatic nitrogens is 1. The van der Waals surface area contributed by atoms with Gasteiger partial charge in [0, 0.05) is 32.1 Å². The molecule has 2 rings (SSSR count). The van der Waals surface area contributed by atoms with E-state index in [-0.39, 0.29) is 17.5 Å². The number of carbonyl (C=O) groups excluding carboxylic acids is 1. The van der Waals surface area contributed by atoms with Crippen molar-refractivity contribution in [2.24, 2.45) is 5.92 Å². The van der Waals surface area contributed by atoms with Gasteiger partial charge in [0.15, 0.2) is 0 Å². The third kappa shape index (κ3) is 3.55. The van der Waals surface area contributed by atoms with Crippen LogP contribution in [0.5, 0.6) is 0 Å². The van der Waals surface area contributed by atoms with Crippen molar-refractivity contribution < 1.29 is 14.7 Å². The van der Waals surface area contributed by atoms with E-state index in [4.69, 9.17) is 5.11 Å². The molecule has 6 heteroatoms. The minimum absolute atomic E-state index is 0.0475. The second kappa shape index (κ2) is 7.24. The van der Waals surface area contributed by atoms with Crippen molar-refractivity contribution >= 4 is 17.6 Å². The number of rotatable bonds is 5. The molecule has 0 bridgehead atoms. The van der Waals surface area contributed by atoms with Gasteiger partial charge in [0.1, 0.15) is 5.69 Å². The van der Waals surface area contributed by atoms with E-state index < -0.39 is 5.97 Å². The maximum absolute atomic E-state index is 12.4. The number of carbonyl (C=O) groups is 2. The highest BCUT2D eigenvalue weighted by Crippen LogP contribution is 2.18. The molecule has 1 aliphatic rings.